The summed E-state index contributed by atoms with van der Waals surface area (Å²) in [7, 11) is 0. The molecule has 0 aliphatic heterocycles. The van der Waals surface area contributed by atoms with Crippen molar-refractivity contribution in [2.45, 2.75) is 0 Å². The second-order valence-corrected chi connectivity index (χ2v) is 2.57. The Morgan fingerprint density at radius 1 is 1.57 bits per heavy atom. The average molecular weight is 216 g/mol. The van der Waals surface area contributed by atoms with E-state index in [0.29, 0.717) is 12.0 Å². The van der Waals surface area contributed by atoms with Crippen LogP contribution in [0.3, 0.4) is 0 Å². The maximum atomic E-state index is 10.5. The minimum absolute atomic E-state index is 0.0300. The van der Waals surface area contributed by atoms with Gasteiger partial charge in [0.15, 0.2) is 12.4 Å². The lowest BCUT2D eigenvalue weighted by Crippen LogP contribution is -1.96. The summed E-state index contributed by atoms with van der Waals surface area (Å²) in [5.41, 5.74) is -0.278. The van der Waals surface area contributed by atoms with Crippen LogP contribution >= 0.6 is 11.6 Å². The van der Waals surface area contributed by atoms with Gasteiger partial charge in [-0.15, -0.1) is 0 Å². The number of halogens is 1. The van der Waals surface area contributed by atoms with E-state index in [0.717, 1.165) is 0 Å². The summed E-state index contributed by atoms with van der Waals surface area (Å²) in [6.07, 6.45) is 0.402. The van der Waals surface area contributed by atoms with Gasteiger partial charge in [0.1, 0.15) is 5.75 Å². The lowest BCUT2D eigenvalue weighted by molar-refractivity contribution is -0.385. The fourth-order valence-corrected chi connectivity index (χ4v) is 1.07. The molecule has 1 aromatic rings. The molecule has 0 aliphatic rings. The van der Waals surface area contributed by atoms with Crippen LogP contribution in [-0.4, -0.2) is 17.3 Å². The van der Waals surface area contributed by atoms with Crippen LogP contribution in [-0.2, 0) is 0 Å². The van der Waals surface area contributed by atoms with Crippen molar-refractivity contribution < 1.29 is 14.5 Å². The summed E-state index contributed by atoms with van der Waals surface area (Å²) in [5, 5.41) is 10.4. The van der Waals surface area contributed by atoms with E-state index in [2.05, 4.69) is 0 Å². The van der Waals surface area contributed by atoms with Gasteiger partial charge in [0.05, 0.1) is 10.5 Å². The Bertz CT molecular complexity index is 366. The minimum atomic E-state index is -0.631. The molecule has 74 valence electrons. The van der Waals surface area contributed by atoms with Crippen LogP contribution in [0.2, 0.25) is 0 Å². The highest BCUT2D eigenvalue weighted by Crippen LogP contribution is 2.22. The zero-order valence-electron chi connectivity index (χ0n) is 6.97. The van der Waals surface area contributed by atoms with Gasteiger partial charge in [-0.1, -0.05) is 11.6 Å². The number of aldehydes is 1. The first-order chi connectivity index (χ1) is 6.69. The van der Waals surface area contributed by atoms with Crippen LogP contribution in [0, 0.1) is 10.1 Å². The Hall–Kier alpha value is -1.62. The maximum absolute atomic E-state index is 10.5. The first-order valence-electron chi connectivity index (χ1n) is 3.61. The number of nitro groups is 1. The van der Waals surface area contributed by atoms with Crippen LogP contribution < -0.4 is 4.74 Å². The molecule has 0 atom stereocenters. The molecule has 1 rings (SSSR count). The summed E-state index contributed by atoms with van der Waals surface area (Å²) >= 11 is 5.29. The lowest BCUT2D eigenvalue weighted by atomic mass is 10.2. The fraction of sp³-hybridized carbons (Fsp3) is 0.125. The molecule has 0 bridgehead atoms. The number of carbonyl (C=O) groups is 1. The number of nitrogens with zero attached hydrogens (tertiary/aromatic N) is 1. The molecular formula is C8H6ClNO4. The number of hydrogen-bond acceptors (Lipinski definition) is 4. The molecule has 0 saturated carbocycles. The number of ether oxygens (including phenoxy) is 1. The van der Waals surface area contributed by atoms with Crippen molar-refractivity contribution in [1.29, 1.82) is 0 Å². The number of nitro benzene ring substituents is 1. The highest BCUT2D eigenvalue weighted by atomic mass is 35.5. The summed E-state index contributed by atoms with van der Waals surface area (Å²) < 4.78 is 4.87. The van der Waals surface area contributed by atoms with Crippen LogP contribution in [0.1, 0.15) is 10.4 Å². The van der Waals surface area contributed by atoms with Gasteiger partial charge < -0.3 is 4.74 Å². The number of carbonyl (C=O) groups excluding carboxylic acids is 1. The number of hydrogen-bond donors (Lipinski definition) is 0. The van der Waals surface area contributed by atoms with E-state index in [1.54, 1.807) is 0 Å². The van der Waals surface area contributed by atoms with E-state index in [-0.39, 0.29) is 17.3 Å². The van der Waals surface area contributed by atoms with Crippen molar-refractivity contribution in [3.05, 3.63) is 33.9 Å². The lowest BCUT2D eigenvalue weighted by Gasteiger charge is -2.02. The maximum Gasteiger partial charge on any atom is 0.280 e. The highest BCUT2D eigenvalue weighted by molar-refractivity contribution is 6.17. The topological polar surface area (TPSA) is 69.4 Å². The zero-order valence-corrected chi connectivity index (χ0v) is 7.73. The largest absolute Gasteiger partial charge is 0.478 e. The van der Waals surface area contributed by atoms with Crippen molar-refractivity contribution in [2.75, 3.05) is 6.07 Å². The molecule has 0 saturated heterocycles. The molecule has 0 fully saturated rings. The van der Waals surface area contributed by atoms with Gasteiger partial charge in [0.25, 0.3) is 5.69 Å². The molecule has 5 nitrogen and oxygen atoms in total. The molecule has 14 heavy (non-hydrogen) atoms. The predicted octanol–water partition coefficient (Wildman–Crippen LogP) is 1.98. The second-order valence-electron chi connectivity index (χ2n) is 2.35. The van der Waals surface area contributed by atoms with Gasteiger partial charge in [-0.2, -0.15) is 0 Å². The van der Waals surface area contributed by atoms with Gasteiger partial charge in [-0.05, 0) is 12.1 Å². The van der Waals surface area contributed by atoms with Crippen molar-refractivity contribution in [3.8, 4) is 5.75 Å². The molecule has 0 radical (unpaired) electrons. The molecule has 0 N–H and O–H groups in total. The van der Waals surface area contributed by atoms with Gasteiger partial charge in [0.2, 0.25) is 0 Å². The summed E-state index contributed by atoms with van der Waals surface area (Å²) in [6, 6.07) is 3.78. The number of rotatable bonds is 4. The smallest absolute Gasteiger partial charge is 0.280 e. The Morgan fingerprint density at radius 3 is 2.79 bits per heavy atom. The molecule has 0 spiro atoms. The van der Waals surface area contributed by atoms with Crippen molar-refractivity contribution >= 4 is 23.6 Å². The number of alkyl halides is 1. The van der Waals surface area contributed by atoms with E-state index in [4.69, 9.17) is 16.3 Å². The summed E-state index contributed by atoms with van der Waals surface area (Å²) in [6.45, 7) is 0. The van der Waals surface area contributed by atoms with E-state index < -0.39 is 4.92 Å². The van der Waals surface area contributed by atoms with Crippen LogP contribution in [0.4, 0.5) is 5.69 Å². The van der Waals surface area contributed by atoms with Crippen molar-refractivity contribution in [3.63, 3.8) is 0 Å². The molecule has 0 amide bonds. The third kappa shape index (κ3) is 2.20. The Kier molecular flexibility index (Phi) is 3.41. The van der Waals surface area contributed by atoms with E-state index in [1.807, 2.05) is 0 Å². The van der Waals surface area contributed by atoms with Crippen molar-refractivity contribution in [1.82, 2.24) is 0 Å². The van der Waals surface area contributed by atoms with Gasteiger partial charge in [-0.3, -0.25) is 14.9 Å². The Balaban J connectivity index is 3.11. The minimum Gasteiger partial charge on any atom is -0.478 e. The Labute approximate surface area is 84.4 Å². The second kappa shape index (κ2) is 4.57. The predicted molar refractivity (Wildman–Crippen MR) is 49.8 cm³/mol. The zero-order chi connectivity index (χ0) is 10.6. The number of benzene rings is 1. The first-order valence-corrected chi connectivity index (χ1v) is 4.15. The summed E-state index contributed by atoms with van der Waals surface area (Å²) in [4.78, 5) is 20.3. The fourth-order valence-electron chi connectivity index (χ4n) is 0.946. The quantitative estimate of drug-likeness (QED) is 0.333. The SMILES string of the molecule is O=Cc1cc(OCCl)ccc1[N+](=O)[O-]. The molecular weight excluding hydrogens is 210 g/mol. The van der Waals surface area contributed by atoms with Crippen LogP contribution in [0.5, 0.6) is 5.75 Å². The van der Waals surface area contributed by atoms with Crippen LogP contribution in [0.25, 0.3) is 0 Å². The van der Waals surface area contributed by atoms with Crippen LogP contribution in [0.15, 0.2) is 18.2 Å². The molecule has 0 heterocycles. The molecule has 0 aromatic heterocycles. The highest BCUT2D eigenvalue weighted by Gasteiger charge is 2.13. The average Bonchev–Trinajstić information content (AvgIpc) is 2.17. The molecule has 1 aromatic carbocycles. The monoisotopic (exact) mass is 215 g/mol. The molecule has 6 heteroatoms. The van der Waals surface area contributed by atoms with E-state index in [9.17, 15) is 14.9 Å². The van der Waals surface area contributed by atoms with Gasteiger partial charge in [0, 0.05) is 6.07 Å². The molecule has 0 aliphatic carbocycles. The van der Waals surface area contributed by atoms with Crippen molar-refractivity contribution in [2.24, 2.45) is 0 Å². The first kappa shape index (κ1) is 10.5. The van der Waals surface area contributed by atoms with Gasteiger partial charge in [-0.25, -0.2) is 0 Å². The Morgan fingerprint density at radius 2 is 2.29 bits per heavy atom. The normalized spacial score (nSPS) is 9.50. The molecule has 0 unspecified atom stereocenters. The van der Waals surface area contributed by atoms with Gasteiger partial charge >= 0.3 is 0 Å². The summed E-state index contributed by atoms with van der Waals surface area (Å²) in [5.74, 6) is 0.327. The third-order valence-electron chi connectivity index (χ3n) is 1.54. The van der Waals surface area contributed by atoms with E-state index >= 15 is 0 Å². The van der Waals surface area contributed by atoms with E-state index in [1.165, 1.54) is 18.2 Å². The third-order valence-corrected chi connectivity index (χ3v) is 1.65. The standard InChI is InChI=1S/C8H6ClNO4/c9-5-14-7-1-2-8(10(12)13)6(3-7)4-11/h1-4H,5H2.